The highest BCUT2D eigenvalue weighted by molar-refractivity contribution is 9.10. The molecule has 4 heteroatoms. The predicted molar refractivity (Wildman–Crippen MR) is 73.6 cm³/mol. The molecule has 2 N–H and O–H groups in total. The molecule has 0 atom stereocenters. The van der Waals surface area contributed by atoms with Crippen LogP contribution < -0.4 is 10.5 Å². The molecule has 88 valence electrons. The lowest BCUT2D eigenvalue weighted by atomic mass is 10.2. The highest BCUT2D eigenvalue weighted by atomic mass is 79.9. The van der Waals surface area contributed by atoms with Crippen molar-refractivity contribution in [3.8, 4) is 11.5 Å². The van der Waals surface area contributed by atoms with Crippen LogP contribution >= 0.6 is 27.5 Å². The van der Waals surface area contributed by atoms with Crippen LogP contribution in [0.15, 0.2) is 46.9 Å². The van der Waals surface area contributed by atoms with E-state index in [1.165, 1.54) is 0 Å². The van der Waals surface area contributed by atoms with Crippen LogP contribution in [0.3, 0.4) is 0 Å². The van der Waals surface area contributed by atoms with Gasteiger partial charge in [0.15, 0.2) is 0 Å². The molecule has 0 aliphatic rings. The number of ether oxygens (including phenoxy) is 1. The van der Waals surface area contributed by atoms with E-state index in [1.54, 1.807) is 12.1 Å². The van der Waals surface area contributed by atoms with E-state index in [9.17, 15) is 0 Å². The fraction of sp³-hybridized carbons (Fsp3) is 0.0769. The molecule has 0 spiro atoms. The first-order chi connectivity index (χ1) is 8.20. The molecule has 17 heavy (non-hydrogen) atoms. The van der Waals surface area contributed by atoms with Crippen molar-refractivity contribution in [2.75, 3.05) is 0 Å². The van der Waals surface area contributed by atoms with E-state index in [0.29, 0.717) is 17.3 Å². The van der Waals surface area contributed by atoms with Crippen molar-refractivity contribution in [3.05, 3.63) is 57.5 Å². The average molecular weight is 313 g/mol. The monoisotopic (exact) mass is 311 g/mol. The SMILES string of the molecule is NCc1ccc(Cl)cc1Oc1ccccc1Br. The van der Waals surface area contributed by atoms with E-state index in [2.05, 4.69) is 15.9 Å². The van der Waals surface area contributed by atoms with Crippen molar-refractivity contribution >= 4 is 27.5 Å². The van der Waals surface area contributed by atoms with Crippen LogP contribution in [0, 0.1) is 0 Å². The number of halogens is 2. The van der Waals surface area contributed by atoms with Crippen LogP contribution in [-0.2, 0) is 6.54 Å². The van der Waals surface area contributed by atoms with Gasteiger partial charge in [0.2, 0.25) is 0 Å². The first-order valence-electron chi connectivity index (χ1n) is 5.11. The van der Waals surface area contributed by atoms with Gasteiger partial charge in [-0.2, -0.15) is 0 Å². The van der Waals surface area contributed by atoms with Crippen LogP contribution in [0.4, 0.5) is 0 Å². The molecule has 0 radical (unpaired) electrons. The van der Waals surface area contributed by atoms with Gasteiger partial charge < -0.3 is 10.5 Å². The Morgan fingerprint density at radius 1 is 1.12 bits per heavy atom. The second-order valence-corrected chi connectivity index (χ2v) is 4.78. The van der Waals surface area contributed by atoms with Crippen molar-refractivity contribution in [1.82, 2.24) is 0 Å². The third kappa shape index (κ3) is 3.00. The third-order valence-corrected chi connectivity index (χ3v) is 3.20. The topological polar surface area (TPSA) is 35.2 Å². The number of hydrogen-bond acceptors (Lipinski definition) is 2. The van der Waals surface area contributed by atoms with Gasteiger partial charge in [0, 0.05) is 17.1 Å². The van der Waals surface area contributed by atoms with Gasteiger partial charge in [-0.3, -0.25) is 0 Å². The molecule has 0 aliphatic carbocycles. The molecule has 2 nitrogen and oxygen atoms in total. The van der Waals surface area contributed by atoms with Crippen molar-refractivity contribution in [2.45, 2.75) is 6.54 Å². The smallest absolute Gasteiger partial charge is 0.141 e. The lowest BCUT2D eigenvalue weighted by molar-refractivity contribution is 0.473. The number of benzene rings is 2. The zero-order valence-electron chi connectivity index (χ0n) is 8.99. The van der Waals surface area contributed by atoms with E-state index in [-0.39, 0.29) is 0 Å². The zero-order valence-corrected chi connectivity index (χ0v) is 11.3. The molecule has 0 heterocycles. The fourth-order valence-electron chi connectivity index (χ4n) is 1.44. The molecule has 2 rings (SSSR count). The van der Waals surface area contributed by atoms with Crippen molar-refractivity contribution < 1.29 is 4.74 Å². The molecule has 2 aromatic carbocycles. The van der Waals surface area contributed by atoms with Crippen LogP contribution in [0.25, 0.3) is 0 Å². The average Bonchev–Trinajstić information content (AvgIpc) is 2.32. The first kappa shape index (κ1) is 12.4. The third-order valence-electron chi connectivity index (χ3n) is 2.31. The lowest BCUT2D eigenvalue weighted by Gasteiger charge is -2.11. The highest BCUT2D eigenvalue weighted by Gasteiger charge is 2.06. The largest absolute Gasteiger partial charge is 0.456 e. The van der Waals surface area contributed by atoms with Gasteiger partial charge in [-0.25, -0.2) is 0 Å². The van der Waals surface area contributed by atoms with E-state index in [1.807, 2.05) is 30.3 Å². The second kappa shape index (κ2) is 5.54. The minimum Gasteiger partial charge on any atom is -0.456 e. The Balaban J connectivity index is 2.35. The van der Waals surface area contributed by atoms with Gasteiger partial charge >= 0.3 is 0 Å². The van der Waals surface area contributed by atoms with Gasteiger partial charge in [-0.05, 0) is 40.2 Å². The summed E-state index contributed by atoms with van der Waals surface area (Å²) >= 11 is 9.38. The predicted octanol–water partition coefficient (Wildman–Crippen LogP) is 4.35. The van der Waals surface area contributed by atoms with Crippen LogP contribution in [-0.4, -0.2) is 0 Å². The summed E-state index contributed by atoms with van der Waals surface area (Å²) in [4.78, 5) is 0. The maximum Gasteiger partial charge on any atom is 0.141 e. The van der Waals surface area contributed by atoms with E-state index >= 15 is 0 Å². The van der Waals surface area contributed by atoms with Gasteiger partial charge in [-0.1, -0.05) is 29.8 Å². The standard InChI is InChI=1S/C13H11BrClNO/c14-11-3-1-2-4-12(11)17-13-7-10(15)6-5-9(13)8-16/h1-7H,8,16H2. The molecule has 0 bridgehead atoms. The second-order valence-electron chi connectivity index (χ2n) is 3.49. The molecule has 0 aliphatic heterocycles. The molecular weight excluding hydrogens is 302 g/mol. The summed E-state index contributed by atoms with van der Waals surface area (Å²) in [6, 6.07) is 13.1. The summed E-state index contributed by atoms with van der Waals surface area (Å²) in [6.07, 6.45) is 0. The Bertz CT molecular complexity index is 531. The normalized spacial score (nSPS) is 10.3. The number of hydrogen-bond donors (Lipinski definition) is 1. The van der Waals surface area contributed by atoms with E-state index in [0.717, 1.165) is 15.8 Å². The molecule has 0 aromatic heterocycles. The van der Waals surface area contributed by atoms with E-state index < -0.39 is 0 Å². The van der Waals surface area contributed by atoms with Crippen LogP contribution in [0.2, 0.25) is 5.02 Å². The Hall–Kier alpha value is -1.03. The van der Waals surface area contributed by atoms with E-state index in [4.69, 9.17) is 22.1 Å². The Labute approximate surface area is 113 Å². The molecule has 0 fully saturated rings. The van der Waals surface area contributed by atoms with Crippen molar-refractivity contribution in [3.63, 3.8) is 0 Å². The summed E-state index contributed by atoms with van der Waals surface area (Å²) < 4.78 is 6.69. The molecule has 0 saturated heterocycles. The molecular formula is C13H11BrClNO. The fourth-order valence-corrected chi connectivity index (χ4v) is 1.97. The highest BCUT2D eigenvalue weighted by Crippen LogP contribution is 2.32. The number of nitrogens with two attached hydrogens (primary N) is 1. The maximum absolute atomic E-state index is 5.95. The molecule has 0 unspecified atom stereocenters. The molecule has 2 aromatic rings. The van der Waals surface area contributed by atoms with Gasteiger partial charge in [-0.15, -0.1) is 0 Å². The summed E-state index contributed by atoms with van der Waals surface area (Å²) in [5.74, 6) is 1.43. The quantitative estimate of drug-likeness (QED) is 0.914. The summed E-state index contributed by atoms with van der Waals surface area (Å²) in [5.41, 5.74) is 6.58. The Kier molecular flexibility index (Phi) is 4.05. The summed E-state index contributed by atoms with van der Waals surface area (Å²) in [7, 11) is 0. The number of rotatable bonds is 3. The minimum absolute atomic E-state index is 0.414. The van der Waals surface area contributed by atoms with Gasteiger partial charge in [0.25, 0.3) is 0 Å². The Morgan fingerprint density at radius 3 is 2.59 bits per heavy atom. The Morgan fingerprint density at radius 2 is 1.88 bits per heavy atom. The first-order valence-corrected chi connectivity index (χ1v) is 6.28. The molecule has 0 amide bonds. The van der Waals surface area contributed by atoms with Crippen LogP contribution in [0.1, 0.15) is 5.56 Å². The summed E-state index contributed by atoms with van der Waals surface area (Å²) in [6.45, 7) is 0.414. The summed E-state index contributed by atoms with van der Waals surface area (Å²) in [5, 5.41) is 0.629. The van der Waals surface area contributed by atoms with Crippen LogP contribution in [0.5, 0.6) is 11.5 Å². The van der Waals surface area contributed by atoms with Gasteiger partial charge in [0.05, 0.1) is 4.47 Å². The number of para-hydroxylation sites is 1. The van der Waals surface area contributed by atoms with Gasteiger partial charge in [0.1, 0.15) is 11.5 Å². The van der Waals surface area contributed by atoms with Crippen molar-refractivity contribution in [1.29, 1.82) is 0 Å². The maximum atomic E-state index is 5.95. The minimum atomic E-state index is 0.414. The lowest BCUT2D eigenvalue weighted by Crippen LogP contribution is -1.99. The molecule has 0 saturated carbocycles. The van der Waals surface area contributed by atoms with Crippen molar-refractivity contribution in [2.24, 2.45) is 5.73 Å². The zero-order chi connectivity index (χ0) is 12.3.